The zero-order valence-electron chi connectivity index (χ0n) is 17.7. The first-order chi connectivity index (χ1) is 14.9. The topological polar surface area (TPSA) is 88.8 Å². The minimum Gasteiger partial charge on any atom is -0.479 e. The number of benzene rings is 1. The zero-order chi connectivity index (χ0) is 22.0. The van der Waals surface area contributed by atoms with Gasteiger partial charge in [-0.05, 0) is 57.1 Å². The molecule has 0 bridgehead atoms. The molecule has 0 radical (unpaired) electrons. The molecule has 8 heteroatoms. The first-order valence-corrected chi connectivity index (χ1v) is 11.3. The number of nitrogens with zero attached hydrogens (tertiary/aromatic N) is 1. The molecule has 1 aromatic heterocycles. The van der Waals surface area contributed by atoms with Crippen LogP contribution in [-0.2, 0) is 22.4 Å². The second-order valence-electron chi connectivity index (χ2n) is 8.22. The summed E-state index contributed by atoms with van der Waals surface area (Å²) < 4.78 is 11.3. The van der Waals surface area contributed by atoms with E-state index in [4.69, 9.17) is 20.8 Å². The molecule has 4 rings (SSSR count). The normalized spacial score (nSPS) is 17.0. The third kappa shape index (κ3) is 4.71. The Kier molecular flexibility index (Phi) is 6.51. The van der Waals surface area contributed by atoms with Crippen LogP contribution in [0.2, 0.25) is 5.02 Å². The van der Waals surface area contributed by atoms with Crippen molar-refractivity contribution >= 4 is 34.4 Å². The van der Waals surface area contributed by atoms with E-state index in [9.17, 15) is 14.4 Å². The molecule has 2 aromatic rings. The quantitative estimate of drug-likeness (QED) is 0.521. The first-order valence-electron chi connectivity index (χ1n) is 10.9. The van der Waals surface area contributed by atoms with Gasteiger partial charge in [0.05, 0.1) is 5.02 Å². The van der Waals surface area contributed by atoms with Crippen LogP contribution in [0.25, 0.3) is 11.0 Å². The van der Waals surface area contributed by atoms with Crippen molar-refractivity contribution < 1.29 is 18.7 Å². The number of fused-ring (bicyclic) bond motifs is 3. The highest BCUT2D eigenvalue weighted by Crippen LogP contribution is 2.34. The number of halogens is 1. The van der Waals surface area contributed by atoms with Crippen molar-refractivity contribution in [3.8, 4) is 5.75 Å². The van der Waals surface area contributed by atoms with Gasteiger partial charge < -0.3 is 19.4 Å². The summed E-state index contributed by atoms with van der Waals surface area (Å²) in [5.41, 5.74) is 1.87. The lowest BCUT2D eigenvalue weighted by Gasteiger charge is -2.19. The number of carbonyl (C=O) groups excluding carboxylic acids is 2. The highest BCUT2D eigenvalue weighted by Gasteiger charge is 2.22. The molecule has 1 aromatic carbocycles. The molecule has 166 valence electrons. The Labute approximate surface area is 185 Å². The average Bonchev–Trinajstić information content (AvgIpc) is 3.17. The van der Waals surface area contributed by atoms with Gasteiger partial charge in [0, 0.05) is 43.1 Å². The van der Waals surface area contributed by atoms with Crippen molar-refractivity contribution in [2.24, 2.45) is 0 Å². The summed E-state index contributed by atoms with van der Waals surface area (Å²) in [6, 6.07) is 3.35. The van der Waals surface area contributed by atoms with E-state index in [0.29, 0.717) is 42.3 Å². The highest BCUT2D eigenvalue weighted by atomic mass is 35.5. The van der Waals surface area contributed by atoms with E-state index in [-0.39, 0.29) is 17.4 Å². The van der Waals surface area contributed by atoms with Crippen LogP contribution < -0.4 is 15.7 Å². The summed E-state index contributed by atoms with van der Waals surface area (Å²) in [5, 5.41) is 4.04. The van der Waals surface area contributed by atoms with Crippen molar-refractivity contribution in [3.63, 3.8) is 0 Å². The summed E-state index contributed by atoms with van der Waals surface area (Å²) in [4.78, 5) is 38.2. The number of likely N-dealkylation sites (tertiary alicyclic amines) is 1. The number of amides is 2. The largest absolute Gasteiger partial charge is 0.479 e. The maximum absolute atomic E-state index is 12.4. The van der Waals surface area contributed by atoms with E-state index in [0.717, 1.165) is 55.2 Å². The average molecular weight is 447 g/mol. The molecule has 31 heavy (non-hydrogen) atoms. The van der Waals surface area contributed by atoms with Gasteiger partial charge in [-0.15, -0.1) is 0 Å². The van der Waals surface area contributed by atoms with E-state index in [2.05, 4.69) is 5.32 Å². The van der Waals surface area contributed by atoms with Gasteiger partial charge in [0.25, 0.3) is 5.91 Å². The lowest BCUT2D eigenvalue weighted by atomic mass is 9.90. The van der Waals surface area contributed by atoms with Crippen LogP contribution in [0.15, 0.2) is 21.3 Å². The van der Waals surface area contributed by atoms with E-state index in [1.807, 2.05) is 4.90 Å². The molecular formula is C23H27ClN2O5. The molecule has 2 amide bonds. The Hall–Kier alpha value is -2.54. The van der Waals surface area contributed by atoms with E-state index < -0.39 is 6.10 Å². The van der Waals surface area contributed by atoms with Crippen LogP contribution >= 0.6 is 11.6 Å². The second kappa shape index (κ2) is 9.30. The predicted octanol–water partition coefficient (Wildman–Crippen LogP) is 3.22. The lowest BCUT2D eigenvalue weighted by Crippen LogP contribution is -2.38. The highest BCUT2D eigenvalue weighted by molar-refractivity contribution is 6.32. The van der Waals surface area contributed by atoms with Gasteiger partial charge in [0.15, 0.2) is 6.10 Å². The first kappa shape index (κ1) is 21.7. The van der Waals surface area contributed by atoms with Crippen molar-refractivity contribution in [2.45, 2.75) is 58.0 Å². The molecule has 1 N–H and O–H groups in total. The van der Waals surface area contributed by atoms with Gasteiger partial charge in [-0.1, -0.05) is 11.6 Å². The number of carbonyl (C=O) groups is 2. The third-order valence-corrected chi connectivity index (χ3v) is 6.32. The Morgan fingerprint density at radius 2 is 1.97 bits per heavy atom. The number of rotatable bonds is 7. The maximum atomic E-state index is 12.4. The van der Waals surface area contributed by atoms with Crippen LogP contribution in [0.1, 0.15) is 50.2 Å². The maximum Gasteiger partial charge on any atom is 0.339 e. The Morgan fingerprint density at radius 3 is 2.71 bits per heavy atom. The molecule has 1 aliphatic heterocycles. The van der Waals surface area contributed by atoms with Gasteiger partial charge in [-0.25, -0.2) is 4.79 Å². The SMILES string of the molecule is CC(Oc1cc2oc(=O)c3c(c2cc1Cl)CCCC3)C(=O)NCCCN1CCCC1=O. The number of hydrogen-bond acceptors (Lipinski definition) is 5. The number of hydrogen-bond donors (Lipinski definition) is 1. The molecule has 1 saturated heterocycles. The second-order valence-corrected chi connectivity index (χ2v) is 8.63. The summed E-state index contributed by atoms with van der Waals surface area (Å²) >= 11 is 6.43. The molecule has 2 heterocycles. The summed E-state index contributed by atoms with van der Waals surface area (Å²) in [6.45, 7) is 3.55. The molecular weight excluding hydrogens is 420 g/mol. The summed E-state index contributed by atoms with van der Waals surface area (Å²) in [7, 11) is 0. The van der Waals surface area contributed by atoms with Crippen LogP contribution in [-0.4, -0.2) is 42.5 Å². The molecule has 0 spiro atoms. The Balaban J connectivity index is 1.39. The van der Waals surface area contributed by atoms with Crippen molar-refractivity contribution in [3.05, 3.63) is 38.7 Å². The van der Waals surface area contributed by atoms with Crippen LogP contribution in [0.4, 0.5) is 0 Å². The number of ether oxygens (including phenoxy) is 1. The van der Waals surface area contributed by atoms with E-state index in [1.165, 1.54) is 0 Å². The molecule has 0 saturated carbocycles. The number of aryl methyl sites for hydroxylation is 1. The van der Waals surface area contributed by atoms with Crippen molar-refractivity contribution in [2.75, 3.05) is 19.6 Å². The third-order valence-electron chi connectivity index (χ3n) is 6.02. The molecule has 1 unspecified atom stereocenters. The summed E-state index contributed by atoms with van der Waals surface area (Å²) in [5.74, 6) is 0.219. The standard InChI is InChI=1S/C23H27ClN2O5/c1-14(22(28)25-9-5-11-26-10-4-8-21(26)27)30-20-13-19-17(12-18(20)24)15-6-2-3-7-16(15)23(29)31-19/h12-14H,2-11H2,1H3,(H,25,28). The van der Waals surface area contributed by atoms with Crippen molar-refractivity contribution in [1.82, 2.24) is 10.2 Å². The van der Waals surface area contributed by atoms with Gasteiger partial charge >= 0.3 is 5.63 Å². The fourth-order valence-electron chi connectivity index (χ4n) is 4.34. The minimum absolute atomic E-state index is 0.182. The molecule has 2 aliphatic rings. The Morgan fingerprint density at radius 1 is 1.19 bits per heavy atom. The zero-order valence-corrected chi connectivity index (χ0v) is 18.4. The van der Waals surface area contributed by atoms with Gasteiger partial charge in [0.2, 0.25) is 5.91 Å². The van der Waals surface area contributed by atoms with Crippen LogP contribution in [0, 0.1) is 0 Å². The fraction of sp³-hybridized carbons (Fsp3) is 0.522. The molecule has 1 aliphatic carbocycles. The monoisotopic (exact) mass is 446 g/mol. The van der Waals surface area contributed by atoms with E-state index in [1.54, 1.807) is 19.1 Å². The van der Waals surface area contributed by atoms with Gasteiger partial charge in [-0.3, -0.25) is 9.59 Å². The summed E-state index contributed by atoms with van der Waals surface area (Å²) in [6.07, 6.45) is 5.02. The van der Waals surface area contributed by atoms with Crippen LogP contribution in [0.3, 0.4) is 0 Å². The minimum atomic E-state index is -0.771. The smallest absolute Gasteiger partial charge is 0.339 e. The molecule has 1 atom stereocenters. The van der Waals surface area contributed by atoms with Crippen LogP contribution in [0.5, 0.6) is 5.75 Å². The van der Waals surface area contributed by atoms with E-state index >= 15 is 0 Å². The molecule has 7 nitrogen and oxygen atoms in total. The van der Waals surface area contributed by atoms with Crippen molar-refractivity contribution in [1.29, 1.82) is 0 Å². The molecule has 1 fully saturated rings. The number of nitrogens with one attached hydrogen (secondary N) is 1. The van der Waals surface area contributed by atoms with Gasteiger partial charge in [-0.2, -0.15) is 0 Å². The van der Waals surface area contributed by atoms with Gasteiger partial charge in [0.1, 0.15) is 11.3 Å². The lowest BCUT2D eigenvalue weighted by molar-refractivity contribution is -0.127. The fourth-order valence-corrected chi connectivity index (χ4v) is 4.55. The Bertz CT molecular complexity index is 1060. The predicted molar refractivity (Wildman–Crippen MR) is 118 cm³/mol.